The highest BCUT2D eigenvalue weighted by molar-refractivity contribution is 6.36. The van der Waals surface area contributed by atoms with Crippen LogP contribution in [0.2, 0.25) is 5.02 Å². The molecule has 0 radical (unpaired) electrons. The SMILES string of the molecule is CCn1nc(C(=O)NCC2(O)CCC(C)CC2)c(Cl)c1-c1ccc([C@@H](O)C2(C(F)(F)F)CC2)cc1OC(F)F. The third kappa shape index (κ3) is 5.88. The van der Waals surface area contributed by atoms with Crippen LogP contribution in [0, 0.1) is 11.3 Å². The van der Waals surface area contributed by atoms with E-state index in [1.165, 1.54) is 16.8 Å². The predicted molar refractivity (Wildman–Crippen MR) is 133 cm³/mol. The number of benzene rings is 1. The number of rotatable bonds is 9. The normalized spacial score (nSPS) is 23.5. The number of aryl methyl sites for hydroxylation is 1. The van der Waals surface area contributed by atoms with E-state index in [1.54, 1.807) is 6.92 Å². The Morgan fingerprint density at radius 1 is 1.26 bits per heavy atom. The predicted octanol–water partition coefficient (Wildman–Crippen LogP) is 5.87. The fourth-order valence-corrected chi connectivity index (χ4v) is 5.46. The van der Waals surface area contributed by atoms with Gasteiger partial charge in [0.25, 0.3) is 5.91 Å². The van der Waals surface area contributed by atoms with Crippen LogP contribution in [0.3, 0.4) is 0 Å². The molecule has 0 spiro atoms. The van der Waals surface area contributed by atoms with Gasteiger partial charge in [0.1, 0.15) is 5.75 Å². The number of nitrogens with zero attached hydrogens (tertiary/aromatic N) is 2. The zero-order valence-corrected chi connectivity index (χ0v) is 22.3. The minimum Gasteiger partial charge on any atom is -0.434 e. The van der Waals surface area contributed by atoms with Crippen LogP contribution in [0.15, 0.2) is 18.2 Å². The Morgan fingerprint density at radius 2 is 1.90 bits per heavy atom. The molecule has 7 nitrogen and oxygen atoms in total. The molecule has 39 heavy (non-hydrogen) atoms. The fourth-order valence-electron chi connectivity index (χ4n) is 5.14. The van der Waals surface area contributed by atoms with E-state index < -0.39 is 41.6 Å². The van der Waals surface area contributed by atoms with Crippen molar-refractivity contribution < 1.29 is 41.7 Å². The number of aromatic nitrogens is 2. The summed E-state index contributed by atoms with van der Waals surface area (Å²) in [6, 6.07) is 3.33. The number of halogens is 6. The zero-order valence-electron chi connectivity index (χ0n) is 21.5. The van der Waals surface area contributed by atoms with E-state index in [-0.39, 0.29) is 53.5 Å². The minimum absolute atomic E-state index is 0.0174. The number of hydrogen-bond donors (Lipinski definition) is 3. The summed E-state index contributed by atoms with van der Waals surface area (Å²) in [4.78, 5) is 13.0. The summed E-state index contributed by atoms with van der Waals surface area (Å²) < 4.78 is 73.2. The first-order chi connectivity index (χ1) is 18.2. The van der Waals surface area contributed by atoms with Gasteiger partial charge < -0.3 is 20.3 Å². The minimum atomic E-state index is -4.68. The number of aliphatic hydroxyl groups excluding tert-OH is 1. The van der Waals surface area contributed by atoms with Crippen LogP contribution in [0.5, 0.6) is 5.75 Å². The molecule has 216 valence electrons. The second kappa shape index (κ2) is 10.9. The number of ether oxygens (including phenoxy) is 1. The standard InChI is InChI=1S/C26H31ClF5N3O4/c1-3-35-20(18(27)19(34-35)22(37)33-13-24(38)8-6-14(2)7-9-24)16-5-4-15(12-17(16)39-23(28)29)21(36)25(10-11-25)26(30,31)32/h4-5,12,14,21,23,36,38H,3,6-11,13H2,1-2H3,(H,33,37)/t14?,21-,24?/m1/s1. The highest BCUT2D eigenvalue weighted by atomic mass is 35.5. The van der Waals surface area contributed by atoms with Gasteiger partial charge in [0.05, 0.1) is 27.8 Å². The molecule has 2 aliphatic rings. The first kappa shape index (κ1) is 29.5. The van der Waals surface area contributed by atoms with Crippen LogP contribution >= 0.6 is 11.6 Å². The third-order valence-electron chi connectivity index (χ3n) is 7.86. The summed E-state index contributed by atoms with van der Waals surface area (Å²) in [6.45, 7) is 0.589. The molecule has 0 bridgehead atoms. The summed E-state index contributed by atoms with van der Waals surface area (Å²) >= 11 is 6.52. The van der Waals surface area contributed by atoms with Crippen LogP contribution in [0.1, 0.15) is 74.5 Å². The Morgan fingerprint density at radius 3 is 2.44 bits per heavy atom. The topological polar surface area (TPSA) is 96.6 Å². The Balaban J connectivity index is 1.65. The summed E-state index contributed by atoms with van der Waals surface area (Å²) in [7, 11) is 0. The molecule has 4 rings (SSSR count). The van der Waals surface area contributed by atoms with Gasteiger partial charge in [0.2, 0.25) is 0 Å². The molecule has 2 aliphatic carbocycles. The van der Waals surface area contributed by atoms with E-state index >= 15 is 0 Å². The average Bonchev–Trinajstić information content (AvgIpc) is 3.63. The third-order valence-corrected chi connectivity index (χ3v) is 8.22. The van der Waals surface area contributed by atoms with Gasteiger partial charge in [-0.05, 0) is 69.1 Å². The molecule has 1 heterocycles. The summed E-state index contributed by atoms with van der Waals surface area (Å²) in [6.07, 6.45) is -4.53. The summed E-state index contributed by atoms with van der Waals surface area (Å²) in [5, 5.41) is 28.0. The Bertz CT molecular complexity index is 1210. The molecular formula is C26H31ClF5N3O4. The molecule has 2 saturated carbocycles. The molecule has 2 fully saturated rings. The monoisotopic (exact) mass is 579 g/mol. The first-order valence-corrected chi connectivity index (χ1v) is 13.2. The number of aliphatic hydroxyl groups is 2. The van der Waals surface area contributed by atoms with Crippen LogP contribution in [0.25, 0.3) is 11.3 Å². The van der Waals surface area contributed by atoms with E-state index in [1.807, 2.05) is 0 Å². The van der Waals surface area contributed by atoms with Crippen molar-refractivity contribution in [1.82, 2.24) is 15.1 Å². The van der Waals surface area contributed by atoms with Crippen LogP contribution in [-0.4, -0.2) is 50.8 Å². The van der Waals surface area contributed by atoms with Crippen molar-refractivity contribution in [2.75, 3.05) is 6.54 Å². The maximum absolute atomic E-state index is 13.5. The maximum atomic E-state index is 13.5. The highest BCUT2D eigenvalue weighted by Gasteiger charge is 2.67. The van der Waals surface area contributed by atoms with Gasteiger partial charge in [0.15, 0.2) is 5.69 Å². The van der Waals surface area contributed by atoms with Gasteiger partial charge >= 0.3 is 12.8 Å². The Hall–Kier alpha value is -2.44. The van der Waals surface area contributed by atoms with E-state index in [0.717, 1.165) is 18.9 Å². The van der Waals surface area contributed by atoms with Crippen molar-refractivity contribution in [1.29, 1.82) is 0 Å². The van der Waals surface area contributed by atoms with Crippen molar-refractivity contribution in [3.05, 3.63) is 34.5 Å². The van der Waals surface area contributed by atoms with E-state index in [0.29, 0.717) is 18.8 Å². The van der Waals surface area contributed by atoms with Crippen LogP contribution in [-0.2, 0) is 6.54 Å². The van der Waals surface area contributed by atoms with Crippen molar-refractivity contribution in [3.63, 3.8) is 0 Å². The van der Waals surface area contributed by atoms with Crippen molar-refractivity contribution in [3.8, 4) is 17.0 Å². The maximum Gasteiger partial charge on any atom is 0.397 e. The number of hydrogen-bond acceptors (Lipinski definition) is 5. The summed E-state index contributed by atoms with van der Waals surface area (Å²) in [5.74, 6) is -0.711. The van der Waals surface area contributed by atoms with Crippen LogP contribution in [0.4, 0.5) is 22.0 Å². The Kier molecular flexibility index (Phi) is 8.22. The first-order valence-electron chi connectivity index (χ1n) is 12.8. The van der Waals surface area contributed by atoms with E-state index in [2.05, 4.69) is 22.1 Å². The highest BCUT2D eigenvalue weighted by Crippen LogP contribution is 2.64. The molecule has 0 saturated heterocycles. The van der Waals surface area contributed by atoms with Gasteiger partial charge in [-0.2, -0.15) is 27.1 Å². The smallest absolute Gasteiger partial charge is 0.397 e. The number of carbonyl (C=O) groups is 1. The van der Waals surface area contributed by atoms with Crippen molar-refractivity contribution >= 4 is 17.5 Å². The van der Waals surface area contributed by atoms with Gasteiger partial charge in [-0.1, -0.05) is 24.6 Å². The lowest BCUT2D eigenvalue weighted by atomic mass is 9.79. The lowest BCUT2D eigenvalue weighted by molar-refractivity contribution is -0.215. The number of carbonyl (C=O) groups excluding carboxylic acids is 1. The zero-order chi connectivity index (χ0) is 28.8. The van der Waals surface area contributed by atoms with Crippen LogP contribution < -0.4 is 10.1 Å². The molecular weight excluding hydrogens is 549 g/mol. The van der Waals surface area contributed by atoms with Gasteiger partial charge in [-0.15, -0.1) is 0 Å². The van der Waals surface area contributed by atoms with Gasteiger partial charge in [-0.25, -0.2) is 0 Å². The number of alkyl halides is 5. The largest absolute Gasteiger partial charge is 0.434 e. The van der Waals surface area contributed by atoms with E-state index in [9.17, 15) is 37.0 Å². The molecule has 13 heteroatoms. The molecule has 1 atom stereocenters. The number of amides is 1. The summed E-state index contributed by atoms with van der Waals surface area (Å²) in [5.41, 5.74) is -3.84. The Labute approximate surface area is 227 Å². The lowest BCUT2D eigenvalue weighted by Gasteiger charge is -2.34. The molecule has 0 unspecified atom stereocenters. The number of nitrogens with one attached hydrogen (secondary N) is 1. The van der Waals surface area contributed by atoms with Crippen molar-refractivity contribution in [2.24, 2.45) is 11.3 Å². The average molecular weight is 580 g/mol. The fraction of sp³-hybridized carbons (Fsp3) is 0.615. The second-order valence-electron chi connectivity index (χ2n) is 10.6. The molecule has 0 aliphatic heterocycles. The molecule has 1 aromatic carbocycles. The molecule has 3 N–H and O–H groups in total. The van der Waals surface area contributed by atoms with Crippen molar-refractivity contribution in [2.45, 2.75) is 83.4 Å². The van der Waals surface area contributed by atoms with E-state index in [4.69, 9.17) is 11.6 Å². The molecule has 1 amide bonds. The molecule has 1 aromatic heterocycles. The lowest BCUT2D eigenvalue weighted by Crippen LogP contribution is -2.45. The van der Waals surface area contributed by atoms with Gasteiger partial charge in [-0.3, -0.25) is 9.48 Å². The van der Waals surface area contributed by atoms with Gasteiger partial charge in [0, 0.05) is 18.7 Å². The molecule has 2 aromatic rings. The quantitative estimate of drug-likeness (QED) is 0.323. The second-order valence-corrected chi connectivity index (χ2v) is 11.0.